The van der Waals surface area contributed by atoms with Crippen LogP contribution in [0.25, 0.3) is 0 Å². The van der Waals surface area contributed by atoms with Crippen LogP contribution in [0.3, 0.4) is 0 Å². The smallest absolute Gasteiger partial charge is 0.357 e. The third-order valence-corrected chi connectivity index (χ3v) is 5.81. The number of carbonyl (C=O) groups excluding carboxylic acids is 3. The lowest BCUT2D eigenvalue weighted by atomic mass is 9.99. The van der Waals surface area contributed by atoms with Crippen molar-refractivity contribution in [2.45, 2.75) is 38.3 Å². The largest absolute Gasteiger partial charge is 0.471 e. The van der Waals surface area contributed by atoms with E-state index in [1.807, 2.05) is 13.8 Å². The Morgan fingerprint density at radius 3 is 2.20 bits per heavy atom. The molecule has 1 saturated carbocycles. The summed E-state index contributed by atoms with van der Waals surface area (Å²) in [5.41, 5.74) is -0.258. The first-order valence-corrected chi connectivity index (χ1v) is 9.15. The van der Waals surface area contributed by atoms with E-state index in [4.69, 9.17) is 0 Å². The Balaban J connectivity index is 2.25. The molecule has 1 saturated heterocycles. The number of likely N-dealkylation sites (N-methyl/N-ethyl adjacent to an activating group) is 2. The van der Waals surface area contributed by atoms with Crippen LogP contribution in [0.4, 0.5) is 26.3 Å². The fourth-order valence-electron chi connectivity index (χ4n) is 4.27. The van der Waals surface area contributed by atoms with Crippen molar-refractivity contribution in [1.82, 2.24) is 20.4 Å². The van der Waals surface area contributed by atoms with Gasteiger partial charge in [-0.15, -0.1) is 0 Å². The quantitative estimate of drug-likeness (QED) is 0.591. The highest BCUT2D eigenvalue weighted by Gasteiger charge is 2.69. The number of piperidine rings is 1. The summed E-state index contributed by atoms with van der Waals surface area (Å²) >= 11 is 0. The highest BCUT2D eigenvalue weighted by atomic mass is 19.4. The maximum absolute atomic E-state index is 13.0. The molecule has 1 heterocycles. The van der Waals surface area contributed by atoms with E-state index in [1.165, 1.54) is 12.4 Å². The number of carbonyl (C=O) groups is 3. The normalized spacial score (nSPS) is 26.2. The Bertz CT molecular complexity index is 709. The van der Waals surface area contributed by atoms with Crippen LogP contribution in [0.2, 0.25) is 0 Å². The van der Waals surface area contributed by atoms with Crippen molar-refractivity contribution in [3.63, 3.8) is 0 Å². The van der Waals surface area contributed by atoms with Gasteiger partial charge in [0.15, 0.2) is 0 Å². The first kappa shape index (κ1) is 24.2. The number of amides is 3. The first-order valence-electron chi connectivity index (χ1n) is 9.15. The van der Waals surface area contributed by atoms with Crippen molar-refractivity contribution in [3.8, 4) is 0 Å². The summed E-state index contributed by atoms with van der Waals surface area (Å²) in [6, 6.07) is -2.88. The topological polar surface area (TPSA) is 81.8 Å². The van der Waals surface area contributed by atoms with Gasteiger partial charge >= 0.3 is 18.3 Å². The predicted molar refractivity (Wildman–Crippen MR) is 91.9 cm³/mol. The molecule has 7 nitrogen and oxygen atoms in total. The van der Waals surface area contributed by atoms with Gasteiger partial charge < -0.3 is 15.5 Å². The molecule has 0 spiro atoms. The van der Waals surface area contributed by atoms with Gasteiger partial charge in [0.2, 0.25) is 11.8 Å². The highest BCUT2D eigenvalue weighted by Crippen LogP contribution is 2.64. The number of rotatable bonds is 6. The van der Waals surface area contributed by atoms with Gasteiger partial charge in [-0.2, -0.15) is 26.3 Å². The molecule has 2 rings (SSSR count). The van der Waals surface area contributed by atoms with Gasteiger partial charge in [-0.05, 0) is 24.3 Å². The Morgan fingerprint density at radius 1 is 1.17 bits per heavy atom. The van der Waals surface area contributed by atoms with Crippen molar-refractivity contribution >= 4 is 17.7 Å². The maximum atomic E-state index is 13.0. The van der Waals surface area contributed by atoms with Gasteiger partial charge in [0.1, 0.15) is 12.1 Å². The second-order valence-electron chi connectivity index (χ2n) is 8.34. The molecular formula is C17H24F6N4O3. The lowest BCUT2D eigenvalue weighted by Crippen LogP contribution is -2.59. The average molecular weight is 446 g/mol. The van der Waals surface area contributed by atoms with E-state index < -0.39 is 55.2 Å². The number of hydrogen-bond donors (Lipinski definition) is 2. The van der Waals surface area contributed by atoms with E-state index in [2.05, 4.69) is 5.32 Å². The monoisotopic (exact) mass is 446 g/mol. The fourth-order valence-corrected chi connectivity index (χ4v) is 4.27. The van der Waals surface area contributed by atoms with Crippen LogP contribution >= 0.6 is 0 Å². The molecule has 13 heteroatoms. The third kappa shape index (κ3) is 4.98. The molecule has 2 aliphatic rings. The third-order valence-electron chi connectivity index (χ3n) is 5.81. The standard InChI is InChI=1S/C17H24F6N4O3/c1-15(2)8-5-27(11(10(8)15)12(28)24-3)13(29)9(25-14(30)17(21,22)23)6-26(4)7-16(18,19)20/h8-11H,5-7H2,1-4H3,(H,24,28)(H,25,30)/t8-,9-,10-,11-/m0/s1. The predicted octanol–water partition coefficient (Wildman–Crippen LogP) is 0.757. The number of alkyl halides is 6. The van der Waals surface area contributed by atoms with Gasteiger partial charge in [-0.3, -0.25) is 19.3 Å². The van der Waals surface area contributed by atoms with Crippen molar-refractivity contribution in [1.29, 1.82) is 0 Å². The van der Waals surface area contributed by atoms with E-state index >= 15 is 0 Å². The van der Waals surface area contributed by atoms with E-state index in [0.29, 0.717) is 4.90 Å². The van der Waals surface area contributed by atoms with E-state index in [0.717, 1.165) is 11.9 Å². The Morgan fingerprint density at radius 2 is 1.73 bits per heavy atom. The number of fused-ring (bicyclic) bond motifs is 1. The fraction of sp³-hybridized carbons (Fsp3) is 0.824. The number of halogens is 6. The van der Waals surface area contributed by atoms with Crippen molar-refractivity contribution in [2.75, 3.05) is 33.7 Å². The average Bonchev–Trinajstić information content (AvgIpc) is 2.92. The molecule has 1 aliphatic carbocycles. The SMILES string of the molecule is CNC(=O)[C@@H]1[C@@H]2[C@H](CN1C(=O)[C@H](CN(C)CC(F)(F)F)NC(=O)C(F)(F)F)C2(C)C. The molecule has 4 atom stereocenters. The van der Waals surface area contributed by atoms with E-state index in [1.54, 1.807) is 0 Å². The minimum Gasteiger partial charge on any atom is -0.357 e. The lowest BCUT2D eigenvalue weighted by Gasteiger charge is -2.34. The number of nitrogens with one attached hydrogen (secondary N) is 2. The molecular weight excluding hydrogens is 422 g/mol. The van der Waals surface area contributed by atoms with E-state index in [9.17, 15) is 40.7 Å². The summed E-state index contributed by atoms with van der Waals surface area (Å²) in [6.45, 7) is 1.54. The van der Waals surface area contributed by atoms with Gasteiger partial charge in [-0.1, -0.05) is 13.8 Å². The molecule has 172 valence electrons. The summed E-state index contributed by atoms with van der Waals surface area (Å²) < 4.78 is 75.9. The Hall–Kier alpha value is -2.05. The summed E-state index contributed by atoms with van der Waals surface area (Å²) in [5, 5.41) is 3.89. The van der Waals surface area contributed by atoms with Crippen LogP contribution in [0.1, 0.15) is 13.8 Å². The van der Waals surface area contributed by atoms with Gasteiger partial charge in [0, 0.05) is 20.1 Å². The lowest BCUT2D eigenvalue weighted by molar-refractivity contribution is -0.175. The molecule has 0 aromatic rings. The second-order valence-corrected chi connectivity index (χ2v) is 8.34. The molecule has 0 aromatic heterocycles. The van der Waals surface area contributed by atoms with Crippen molar-refractivity contribution < 1.29 is 40.7 Å². The van der Waals surface area contributed by atoms with Crippen LogP contribution in [0.5, 0.6) is 0 Å². The zero-order valence-electron chi connectivity index (χ0n) is 16.8. The van der Waals surface area contributed by atoms with Crippen LogP contribution in [-0.2, 0) is 14.4 Å². The number of nitrogens with zero attached hydrogens (tertiary/aromatic N) is 2. The molecule has 2 N–H and O–H groups in total. The second kappa shape index (κ2) is 7.89. The molecule has 1 aliphatic heterocycles. The zero-order chi connectivity index (χ0) is 23.2. The van der Waals surface area contributed by atoms with Crippen molar-refractivity contribution in [3.05, 3.63) is 0 Å². The summed E-state index contributed by atoms with van der Waals surface area (Å²) in [6.07, 6.45) is -9.98. The summed E-state index contributed by atoms with van der Waals surface area (Å²) in [4.78, 5) is 38.3. The van der Waals surface area contributed by atoms with Gasteiger partial charge in [-0.25, -0.2) is 0 Å². The minimum absolute atomic E-state index is 0.0654. The molecule has 3 amide bonds. The van der Waals surface area contributed by atoms with Crippen LogP contribution < -0.4 is 10.6 Å². The van der Waals surface area contributed by atoms with Gasteiger partial charge in [0.25, 0.3) is 0 Å². The zero-order valence-corrected chi connectivity index (χ0v) is 16.8. The minimum atomic E-state index is -5.32. The highest BCUT2D eigenvalue weighted by molar-refractivity contribution is 5.94. The first-order chi connectivity index (χ1) is 13.5. The van der Waals surface area contributed by atoms with Crippen LogP contribution in [0, 0.1) is 17.3 Å². The number of hydrogen-bond acceptors (Lipinski definition) is 4. The molecule has 0 radical (unpaired) electrons. The molecule has 2 fully saturated rings. The molecule has 0 bridgehead atoms. The van der Waals surface area contributed by atoms with Crippen LogP contribution in [0.15, 0.2) is 0 Å². The molecule has 30 heavy (non-hydrogen) atoms. The maximum Gasteiger partial charge on any atom is 0.471 e. The molecule has 0 unspecified atom stereocenters. The Labute approximate surface area is 169 Å². The Kier molecular flexibility index (Phi) is 6.37. The summed E-state index contributed by atoms with van der Waals surface area (Å²) in [7, 11) is 2.31. The summed E-state index contributed by atoms with van der Waals surface area (Å²) in [5.74, 6) is -4.30. The molecule has 0 aromatic carbocycles. The van der Waals surface area contributed by atoms with Gasteiger partial charge in [0.05, 0.1) is 6.54 Å². The van der Waals surface area contributed by atoms with E-state index in [-0.39, 0.29) is 23.8 Å². The van der Waals surface area contributed by atoms with Crippen LogP contribution in [-0.4, -0.2) is 85.7 Å². The van der Waals surface area contributed by atoms with Crippen molar-refractivity contribution in [2.24, 2.45) is 17.3 Å². The number of likely N-dealkylation sites (tertiary alicyclic amines) is 1.